The summed E-state index contributed by atoms with van der Waals surface area (Å²) in [6, 6.07) is 8.01. The molecule has 1 aromatic heterocycles. The Hall–Kier alpha value is -2.43. The van der Waals surface area contributed by atoms with E-state index < -0.39 is 10.8 Å². The maximum absolute atomic E-state index is 13.2. The van der Waals surface area contributed by atoms with E-state index in [2.05, 4.69) is 22.5 Å². The topological polar surface area (TPSA) is 71.1 Å². The summed E-state index contributed by atoms with van der Waals surface area (Å²) >= 11 is 0. The van der Waals surface area contributed by atoms with E-state index in [0.29, 0.717) is 13.0 Å². The minimum atomic E-state index is -0.582. The van der Waals surface area contributed by atoms with E-state index in [1.807, 2.05) is 45.0 Å². The third-order valence-corrected chi connectivity index (χ3v) is 6.85. The summed E-state index contributed by atoms with van der Waals surface area (Å²) in [5.74, 6) is -0.117. The number of pyridine rings is 1. The number of carbonyl (C=O) groups is 2. The van der Waals surface area contributed by atoms with E-state index in [9.17, 15) is 9.59 Å². The molecule has 2 atom stereocenters. The van der Waals surface area contributed by atoms with Crippen LogP contribution in [0.2, 0.25) is 0 Å². The number of hydrogen-bond donors (Lipinski definition) is 2. The predicted molar refractivity (Wildman–Crippen MR) is 107 cm³/mol. The maximum Gasteiger partial charge on any atom is 0.226 e. The molecule has 5 heteroatoms. The number of carbonyl (C=O) groups excluding carboxylic acids is 2. The van der Waals surface area contributed by atoms with Crippen LogP contribution in [0.3, 0.4) is 0 Å². The lowest BCUT2D eigenvalue weighted by Gasteiger charge is -2.39. The third-order valence-electron chi connectivity index (χ3n) is 6.85. The molecule has 2 N–H and O–H groups in total. The van der Waals surface area contributed by atoms with Gasteiger partial charge >= 0.3 is 0 Å². The van der Waals surface area contributed by atoms with E-state index >= 15 is 0 Å². The quantitative estimate of drug-likeness (QED) is 0.870. The van der Waals surface area contributed by atoms with Gasteiger partial charge in [-0.1, -0.05) is 32.9 Å². The van der Waals surface area contributed by atoms with Crippen molar-refractivity contribution < 1.29 is 9.59 Å². The zero-order valence-corrected chi connectivity index (χ0v) is 16.8. The molecule has 0 radical (unpaired) electrons. The lowest BCUT2D eigenvalue weighted by molar-refractivity contribution is -0.138. The average Bonchev–Trinajstić information content (AvgIpc) is 2.90. The zero-order chi connectivity index (χ0) is 19.8. The molecule has 1 saturated carbocycles. The lowest BCUT2D eigenvalue weighted by atomic mass is 9.65. The zero-order valence-electron chi connectivity index (χ0n) is 16.8. The molecule has 3 rings (SSSR count). The van der Waals surface area contributed by atoms with Crippen molar-refractivity contribution in [1.82, 2.24) is 15.6 Å². The summed E-state index contributed by atoms with van der Waals surface area (Å²) < 4.78 is 0. The Labute approximate surface area is 160 Å². The first-order chi connectivity index (χ1) is 12.7. The van der Waals surface area contributed by atoms with E-state index in [0.717, 1.165) is 28.5 Å². The van der Waals surface area contributed by atoms with E-state index in [-0.39, 0.29) is 17.7 Å². The smallest absolute Gasteiger partial charge is 0.226 e. The number of hydrogen-bond acceptors (Lipinski definition) is 3. The van der Waals surface area contributed by atoms with Gasteiger partial charge in [0.15, 0.2) is 0 Å². The Morgan fingerprint density at radius 2 is 1.96 bits per heavy atom. The minimum absolute atomic E-state index is 0.0131. The van der Waals surface area contributed by atoms with Crippen LogP contribution < -0.4 is 10.6 Å². The number of nitrogens with one attached hydrogen (secondary N) is 2. The van der Waals surface area contributed by atoms with Gasteiger partial charge in [0.05, 0.1) is 10.9 Å². The minimum Gasteiger partial charge on any atom is -0.359 e. The summed E-state index contributed by atoms with van der Waals surface area (Å²) in [7, 11) is 1.66. The van der Waals surface area contributed by atoms with Gasteiger partial charge in [-0.05, 0) is 48.4 Å². The molecule has 1 aliphatic rings. The molecular formula is C22H29N3O2. The van der Waals surface area contributed by atoms with Gasteiger partial charge in [0.25, 0.3) is 0 Å². The van der Waals surface area contributed by atoms with Crippen LogP contribution in [0, 0.1) is 23.7 Å². The largest absolute Gasteiger partial charge is 0.359 e. The number of fused-ring (bicyclic) bond motifs is 1. The summed E-state index contributed by atoms with van der Waals surface area (Å²) in [5.41, 5.74) is 2.17. The maximum atomic E-state index is 13.2. The Bertz CT molecular complexity index is 890. The summed E-state index contributed by atoms with van der Waals surface area (Å²) in [6.45, 7) is 8.57. The van der Waals surface area contributed by atoms with Crippen molar-refractivity contribution in [3.63, 3.8) is 0 Å². The second kappa shape index (κ2) is 6.95. The number of benzene rings is 1. The van der Waals surface area contributed by atoms with Gasteiger partial charge in [-0.3, -0.25) is 14.6 Å². The van der Waals surface area contributed by atoms with Crippen LogP contribution in [-0.2, 0) is 16.1 Å². The molecule has 0 bridgehead atoms. The highest BCUT2D eigenvalue weighted by atomic mass is 16.2. The van der Waals surface area contributed by atoms with Crippen LogP contribution in [0.5, 0.6) is 0 Å². The molecule has 2 unspecified atom stereocenters. The van der Waals surface area contributed by atoms with Crippen molar-refractivity contribution in [3.05, 3.63) is 41.6 Å². The van der Waals surface area contributed by atoms with Crippen LogP contribution in [0.4, 0.5) is 0 Å². The van der Waals surface area contributed by atoms with Gasteiger partial charge in [-0.15, -0.1) is 0 Å². The number of aryl methyl sites for hydroxylation is 1. The van der Waals surface area contributed by atoms with Crippen LogP contribution in [0.1, 0.15) is 44.7 Å². The molecule has 1 heterocycles. The van der Waals surface area contributed by atoms with Crippen molar-refractivity contribution in [2.45, 2.75) is 47.1 Å². The SMILES string of the molecule is CNC(=O)C1CCC(C)(C(=O)NCc2c(C)ccc3ncccc23)C1(C)C. The standard InChI is InChI=1S/C22H29N3O2/c1-14-8-9-18-15(7-6-12-24-18)16(14)13-25-20(27)22(4)11-10-17(19(26)23-5)21(22,2)3/h6-9,12,17H,10-11,13H2,1-5H3,(H,23,26)(H,25,27). The van der Waals surface area contributed by atoms with Crippen molar-refractivity contribution >= 4 is 22.7 Å². The number of nitrogens with zero attached hydrogens (tertiary/aromatic N) is 1. The Kier molecular flexibility index (Phi) is 4.98. The van der Waals surface area contributed by atoms with Gasteiger partial charge in [0.2, 0.25) is 11.8 Å². The fraction of sp³-hybridized carbons (Fsp3) is 0.500. The van der Waals surface area contributed by atoms with Crippen LogP contribution in [0.15, 0.2) is 30.5 Å². The third kappa shape index (κ3) is 3.09. The predicted octanol–water partition coefficient (Wildman–Crippen LogP) is 3.35. The second-order valence-corrected chi connectivity index (χ2v) is 8.37. The fourth-order valence-electron chi connectivity index (χ4n) is 4.46. The first-order valence-electron chi connectivity index (χ1n) is 9.55. The fourth-order valence-corrected chi connectivity index (χ4v) is 4.46. The van der Waals surface area contributed by atoms with E-state index in [1.54, 1.807) is 13.2 Å². The molecule has 2 aromatic rings. The van der Waals surface area contributed by atoms with Crippen molar-refractivity contribution in [1.29, 1.82) is 0 Å². The van der Waals surface area contributed by atoms with Crippen LogP contribution >= 0.6 is 0 Å². The van der Waals surface area contributed by atoms with Gasteiger partial charge in [-0.2, -0.15) is 0 Å². The van der Waals surface area contributed by atoms with Gasteiger partial charge in [-0.25, -0.2) is 0 Å². The molecule has 0 saturated heterocycles. The number of rotatable bonds is 4. The summed E-state index contributed by atoms with van der Waals surface area (Å²) in [5, 5.41) is 6.96. The summed E-state index contributed by atoms with van der Waals surface area (Å²) in [6.07, 6.45) is 3.22. The molecule has 27 heavy (non-hydrogen) atoms. The Morgan fingerprint density at radius 3 is 2.67 bits per heavy atom. The molecule has 144 valence electrons. The first kappa shape index (κ1) is 19.3. The van der Waals surface area contributed by atoms with E-state index in [4.69, 9.17) is 0 Å². The van der Waals surface area contributed by atoms with E-state index in [1.165, 1.54) is 0 Å². The van der Waals surface area contributed by atoms with Crippen LogP contribution in [-0.4, -0.2) is 23.8 Å². The Morgan fingerprint density at radius 1 is 1.22 bits per heavy atom. The van der Waals surface area contributed by atoms with Crippen LogP contribution in [0.25, 0.3) is 10.9 Å². The number of amides is 2. The molecule has 0 spiro atoms. The molecule has 5 nitrogen and oxygen atoms in total. The molecule has 2 amide bonds. The lowest BCUT2D eigenvalue weighted by Crippen LogP contribution is -2.49. The Balaban J connectivity index is 1.83. The normalized spacial score (nSPS) is 24.0. The molecule has 1 fully saturated rings. The van der Waals surface area contributed by atoms with Crippen molar-refractivity contribution in [2.24, 2.45) is 16.7 Å². The highest BCUT2D eigenvalue weighted by molar-refractivity contribution is 5.88. The highest BCUT2D eigenvalue weighted by Gasteiger charge is 2.57. The van der Waals surface area contributed by atoms with Crippen molar-refractivity contribution in [3.8, 4) is 0 Å². The number of aromatic nitrogens is 1. The summed E-state index contributed by atoms with van der Waals surface area (Å²) in [4.78, 5) is 29.9. The van der Waals surface area contributed by atoms with Gasteiger partial charge in [0, 0.05) is 31.1 Å². The van der Waals surface area contributed by atoms with Crippen molar-refractivity contribution in [2.75, 3.05) is 7.05 Å². The second-order valence-electron chi connectivity index (χ2n) is 8.37. The van der Waals surface area contributed by atoms with Gasteiger partial charge in [0.1, 0.15) is 0 Å². The molecule has 0 aliphatic heterocycles. The monoisotopic (exact) mass is 367 g/mol. The molecular weight excluding hydrogens is 338 g/mol. The first-order valence-corrected chi connectivity index (χ1v) is 9.55. The highest BCUT2D eigenvalue weighted by Crippen LogP contribution is 2.56. The molecule has 1 aromatic carbocycles. The van der Waals surface area contributed by atoms with Gasteiger partial charge < -0.3 is 10.6 Å². The average molecular weight is 367 g/mol. The molecule has 1 aliphatic carbocycles.